The second-order valence-corrected chi connectivity index (χ2v) is 4.29. The Morgan fingerprint density at radius 3 is 2.50 bits per heavy atom. The van der Waals surface area contributed by atoms with E-state index in [0.29, 0.717) is 6.54 Å². The molecular formula is C14H12BrN3O2. The topological polar surface area (TPSA) is 51.4 Å². The number of nitrogens with zero attached hydrogens (tertiary/aromatic N) is 3. The molecule has 102 valence electrons. The van der Waals surface area contributed by atoms with Gasteiger partial charge in [0.1, 0.15) is 12.7 Å². The second kappa shape index (κ2) is 5.83. The first kappa shape index (κ1) is 14.2. The predicted octanol–water partition coefficient (Wildman–Crippen LogP) is -0.813. The summed E-state index contributed by atoms with van der Waals surface area (Å²) < 4.78 is 3.47. The maximum Gasteiger partial charge on any atom is 0.370 e. The Kier molecular flexibility index (Phi) is 4.14. The lowest BCUT2D eigenvalue weighted by Gasteiger charge is -1.97. The molecule has 0 aliphatic rings. The molecule has 0 bridgehead atoms. The lowest BCUT2D eigenvalue weighted by Crippen LogP contribution is -3.00. The van der Waals surface area contributed by atoms with Gasteiger partial charge in [-0.15, -0.1) is 0 Å². The zero-order valence-corrected chi connectivity index (χ0v) is 12.1. The van der Waals surface area contributed by atoms with Crippen molar-refractivity contribution in [3.63, 3.8) is 0 Å². The molecule has 0 radical (unpaired) electrons. The Hall–Kier alpha value is -2.21. The van der Waals surface area contributed by atoms with Crippen molar-refractivity contribution in [2.24, 2.45) is 0 Å². The Balaban J connectivity index is 0.00000147. The zero-order valence-electron chi connectivity index (χ0n) is 10.5. The van der Waals surface area contributed by atoms with E-state index in [-0.39, 0.29) is 27.7 Å². The van der Waals surface area contributed by atoms with Crippen LogP contribution in [0.2, 0.25) is 0 Å². The summed E-state index contributed by atoms with van der Waals surface area (Å²) in [5, 5.41) is 11.1. The molecule has 0 spiro atoms. The number of rotatable bonds is 3. The van der Waals surface area contributed by atoms with E-state index in [1.54, 1.807) is 22.9 Å². The third-order valence-corrected chi connectivity index (χ3v) is 3.03. The molecule has 0 atom stereocenters. The molecule has 2 aromatic heterocycles. The summed E-state index contributed by atoms with van der Waals surface area (Å²) >= 11 is 0. The van der Waals surface area contributed by atoms with Crippen LogP contribution in [0.4, 0.5) is 5.82 Å². The molecule has 0 aliphatic carbocycles. The van der Waals surface area contributed by atoms with Crippen LogP contribution in [-0.4, -0.2) is 9.32 Å². The van der Waals surface area contributed by atoms with E-state index >= 15 is 0 Å². The number of benzene rings is 1. The van der Waals surface area contributed by atoms with Gasteiger partial charge in [0.15, 0.2) is 6.20 Å². The average molecular weight is 334 g/mol. The van der Waals surface area contributed by atoms with Gasteiger partial charge in [0.25, 0.3) is 5.65 Å². The van der Waals surface area contributed by atoms with Gasteiger partial charge in [-0.3, -0.25) is 0 Å². The number of halogens is 1. The first-order valence-electron chi connectivity index (χ1n) is 5.93. The molecule has 0 fully saturated rings. The molecule has 0 aliphatic heterocycles. The molecule has 0 amide bonds. The Morgan fingerprint density at radius 2 is 1.80 bits per heavy atom. The Morgan fingerprint density at radius 1 is 1.10 bits per heavy atom. The van der Waals surface area contributed by atoms with E-state index in [1.807, 2.05) is 47.0 Å². The lowest BCUT2D eigenvalue weighted by molar-refractivity contribution is -0.663. The molecular weight excluding hydrogens is 322 g/mol. The second-order valence-electron chi connectivity index (χ2n) is 4.29. The first-order valence-corrected chi connectivity index (χ1v) is 5.93. The Labute approximate surface area is 126 Å². The standard InChI is InChI=1S/C14H12N3O2.BrH/c18-17(19)14-11-15(10-12-6-2-1-3-7-12)13-8-4-5-9-16(13)14;/h1-9,11H,10H2;1H/q+1;/p-1. The van der Waals surface area contributed by atoms with Crippen LogP contribution in [0.5, 0.6) is 0 Å². The van der Waals surface area contributed by atoms with Crippen LogP contribution in [0, 0.1) is 10.1 Å². The van der Waals surface area contributed by atoms with Crippen molar-refractivity contribution >= 4 is 11.5 Å². The van der Waals surface area contributed by atoms with Gasteiger partial charge in [0, 0.05) is 6.07 Å². The molecule has 20 heavy (non-hydrogen) atoms. The van der Waals surface area contributed by atoms with Crippen LogP contribution >= 0.6 is 0 Å². The minimum absolute atomic E-state index is 0. The van der Waals surface area contributed by atoms with Gasteiger partial charge in [0.05, 0.1) is 0 Å². The summed E-state index contributed by atoms with van der Waals surface area (Å²) in [5.41, 5.74) is 1.91. The van der Waals surface area contributed by atoms with Crippen molar-refractivity contribution in [2.45, 2.75) is 6.54 Å². The lowest BCUT2D eigenvalue weighted by atomic mass is 10.2. The minimum atomic E-state index is -0.367. The van der Waals surface area contributed by atoms with E-state index in [4.69, 9.17) is 0 Å². The van der Waals surface area contributed by atoms with Crippen molar-refractivity contribution < 1.29 is 26.5 Å². The predicted molar refractivity (Wildman–Crippen MR) is 69.8 cm³/mol. The summed E-state index contributed by atoms with van der Waals surface area (Å²) in [6, 6.07) is 15.4. The highest BCUT2D eigenvalue weighted by Crippen LogP contribution is 2.13. The highest BCUT2D eigenvalue weighted by atomic mass is 79.9. The Bertz CT molecular complexity index is 741. The fourth-order valence-corrected chi connectivity index (χ4v) is 2.17. The maximum atomic E-state index is 11.1. The third-order valence-electron chi connectivity index (χ3n) is 3.03. The van der Waals surface area contributed by atoms with Crippen molar-refractivity contribution in [2.75, 3.05) is 0 Å². The van der Waals surface area contributed by atoms with Gasteiger partial charge in [0.2, 0.25) is 0 Å². The van der Waals surface area contributed by atoms with E-state index in [0.717, 1.165) is 11.2 Å². The third kappa shape index (κ3) is 2.55. The van der Waals surface area contributed by atoms with Gasteiger partial charge in [-0.05, 0) is 16.6 Å². The van der Waals surface area contributed by atoms with Crippen molar-refractivity contribution in [1.29, 1.82) is 0 Å². The van der Waals surface area contributed by atoms with Crippen LogP contribution in [0.3, 0.4) is 0 Å². The number of nitro groups is 1. The van der Waals surface area contributed by atoms with Crippen molar-refractivity contribution in [1.82, 2.24) is 4.40 Å². The fraction of sp³-hybridized carbons (Fsp3) is 0.0714. The van der Waals surface area contributed by atoms with Gasteiger partial charge in [-0.25, -0.2) is 4.57 Å². The minimum Gasteiger partial charge on any atom is -1.00 e. The normalized spacial score (nSPS) is 10.2. The van der Waals surface area contributed by atoms with Crippen LogP contribution < -0.4 is 21.5 Å². The van der Waals surface area contributed by atoms with Crippen LogP contribution in [-0.2, 0) is 6.54 Å². The van der Waals surface area contributed by atoms with Crippen LogP contribution in [0.1, 0.15) is 5.56 Å². The number of imidazole rings is 1. The summed E-state index contributed by atoms with van der Waals surface area (Å²) in [6.45, 7) is 0.613. The molecule has 0 N–H and O–H groups in total. The van der Waals surface area contributed by atoms with Gasteiger partial charge in [-0.1, -0.05) is 36.4 Å². The molecule has 0 saturated carbocycles. The number of pyridine rings is 1. The number of fused-ring (bicyclic) bond motifs is 1. The molecule has 2 heterocycles. The maximum absolute atomic E-state index is 11.1. The molecule has 3 rings (SSSR count). The number of hydrogen-bond acceptors (Lipinski definition) is 2. The van der Waals surface area contributed by atoms with Crippen molar-refractivity contribution in [3.8, 4) is 0 Å². The SMILES string of the molecule is O=[N+]([O-])c1c[n+](Cc2ccccc2)c2ccccn12.[Br-]. The van der Waals surface area contributed by atoms with E-state index in [9.17, 15) is 10.1 Å². The van der Waals surface area contributed by atoms with Gasteiger partial charge >= 0.3 is 5.82 Å². The first-order chi connectivity index (χ1) is 9.25. The summed E-state index contributed by atoms with van der Waals surface area (Å²) in [5.74, 6) is 0.0755. The molecule has 0 saturated heterocycles. The van der Waals surface area contributed by atoms with Crippen LogP contribution in [0.25, 0.3) is 5.65 Å². The van der Waals surface area contributed by atoms with Gasteiger partial charge < -0.3 is 27.1 Å². The summed E-state index contributed by atoms with van der Waals surface area (Å²) in [4.78, 5) is 10.7. The summed E-state index contributed by atoms with van der Waals surface area (Å²) in [6.07, 6.45) is 3.28. The molecule has 6 heteroatoms. The fourth-order valence-electron chi connectivity index (χ4n) is 2.17. The monoisotopic (exact) mass is 333 g/mol. The van der Waals surface area contributed by atoms with Gasteiger partial charge in [-0.2, -0.15) is 4.40 Å². The highest BCUT2D eigenvalue weighted by molar-refractivity contribution is 5.38. The van der Waals surface area contributed by atoms with E-state index in [1.165, 1.54) is 0 Å². The number of hydrogen-bond donors (Lipinski definition) is 0. The highest BCUT2D eigenvalue weighted by Gasteiger charge is 2.20. The number of aromatic nitrogens is 2. The van der Waals surface area contributed by atoms with E-state index < -0.39 is 0 Å². The largest absolute Gasteiger partial charge is 1.00 e. The molecule has 0 unspecified atom stereocenters. The smallest absolute Gasteiger partial charge is 0.370 e. The summed E-state index contributed by atoms with van der Waals surface area (Å²) in [7, 11) is 0. The molecule has 3 aromatic rings. The quantitative estimate of drug-likeness (QED) is 0.357. The van der Waals surface area contributed by atoms with E-state index in [2.05, 4.69) is 0 Å². The molecule has 1 aromatic carbocycles. The zero-order chi connectivity index (χ0) is 13.2. The average Bonchev–Trinajstić information content (AvgIpc) is 2.79. The molecule has 5 nitrogen and oxygen atoms in total. The van der Waals surface area contributed by atoms with Crippen LogP contribution in [0.15, 0.2) is 60.9 Å². The van der Waals surface area contributed by atoms with Crippen molar-refractivity contribution in [3.05, 3.63) is 76.6 Å².